The molecule has 0 aromatic heterocycles. The van der Waals surface area contributed by atoms with Gasteiger partial charge in [0.2, 0.25) is 0 Å². The van der Waals surface area contributed by atoms with Crippen molar-refractivity contribution in [1.29, 1.82) is 0 Å². The smallest absolute Gasteiger partial charge is 0.162 e. The Kier molecular flexibility index (Phi) is 6.13. The number of carbonyl (C=O) groups is 1. The van der Waals surface area contributed by atoms with Crippen LogP contribution in [-0.2, 0) is 9.08 Å². The lowest BCUT2D eigenvalue weighted by atomic mass is 10.0. The van der Waals surface area contributed by atoms with E-state index < -0.39 is 31.0 Å². The molecule has 0 heterocycles. The van der Waals surface area contributed by atoms with Gasteiger partial charge in [-0.25, -0.2) is 0 Å². The summed E-state index contributed by atoms with van der Waals surface area (Å²) in [6.07, 6.45) is -6.21. The largest absolute Gasteiger partial charge is 0.394 e. The van der Waals surface area contributed by atoms with E-state index in [2.05, 4.69) is 4.29 Å². The zero-order valence-electron chi connectivity index (χ0n) is 6.58. The summed E-state index contributed by atoms with van der Waals surface area (Å²) in [5.41, 5.74) is 0. The van der Waals surface area contributed by atoms with Gasteiger partial charge in [-0.3, -0.25) is 4.29 Å². The predicted octanol–water partition coefficient (Wildman–Crippen LogP) is -2.20. The van der Waals surface area contributed by atoms with Crippen molar-refractivity contribution < 1.29 is 29.5 Å². The highest BCUT2D eigenvalue weighted by molar-refractivity contribution is 6.08. The zero-order valence-corrected chi connectivity index (χ0v) is 7.33. The van der Waals surface area contributed by atoms with Gasteiger partial charge in [0, 0.05) is 0 Å². The third kappa shape index (κ3) is 3.55. The highest BCUT2D eigenvalue weighted by Crippen LogP contribution is 2.07. The molecule has 0 aromatic rings. The van der Waals surface area contributed by atoms with Crippen LogP contribution in [0.4, 0.5) is 0 Å². The third-order valence-electron chi connectivity index (χ3n) is 1.50. The minimum atomic E-state index is -1.70. The van der Waals surface area contributed by atoms with Crippen LogP contribution in [-0.4, -0.2) is 57.7 Å². The molecular weight excluding hydrogens is 204 g/mol. The van der Waals surface area contributed by atoms with Gasteiger partial charge in [-0.2, -0.15) is 0 Å². The SMILES string of the molecule is O=C[C@@H](OCl)[C@@H](O)[C@H](O)[C@H](O)CO. The van der Waals surface area contributed by atoms with Crippen molar-refractivity contribution in [3.05, 3.63) is 0 Å². The molecule has 0 aliphatic carbocycles. The van der Waals surface area contributed by atoms with Crippen molar-refractivity contribution in [3.63, 3.8) is 0 Å². The lowest BCUT2D eigenvalue weighted by molar-refractivity contribution is -0.132. The molecule has 6 nitrogen and oxygen atoms in total. The number of aliphatic hydroxyl groups is 4. The van der Waals surface area contributed by atoms with Gasteiger partial charge in [0.15, 0.2) is 12.4 Å². The van der Waals surface area contributed by atoms with Crippen LogP contribution in [0.15, 0.2) is 0 Å². The maximum absolute atomic E-state index is 10.2. The van der Waals surface area contributed by atoms with Crippen LogP contribution in [0.5, 0.6) is 0 Å². The first kappa shape index (κ1) is 12.8. The van der Waals surface area contributed by atoms with E-state index >= 15 is 0 Å². The highest BCUT2D eigenvalue weighted by Gasteiger charge is 2.31. The minimum Gasteiger partial charge on any atom is -0.394 e. The van der Waals surface area contributed by atoms with Crippen LogP contribution in [0, 0.1) is 0 Å². The van der Waals surface area contributed by atoms with E-state index in [1.165, 1.54) is 0 Å². The molecule has 0 aromatic carbocycles. The number of rotatable bonds is 6. The van der Waals surface area contributed by atoms with Gasteiger partial charge in [0.05, 0.1) is 18.5 Å². The molecule has 4 N–H and O–H groups in total. The lowest BCUT2D eigenvalue weighted by Gasteiger charge is -2.23. The van der Waals surface area contributed by atoms with Gasteiger partial charge in [-0.05, 0) is 0 Å². The van der Waals surface area contributed by atoms with Gasteiger partial charge in [-0.1, -0.05) is 0 Å². The molecule has 0 aliphatic heterocycles. The summed E-state index contributed by atoms with van der Waals surface area (Å²) in [4.78, 5) is 10.2. The molecule has 7 heteroatoms. The number of aldehydes is 1. The summed E-state index contributed by atoms with van der Waals surface area (Å²) < 4.78 is 3.98. The average Bonchev–Trinajstić information content (AvgIpc) is 2.17. The van der Waals surface area contributed by atoms with Crippen LogP contribution in [0.2, 0.25) is 0 Å². The Morgan fingerprint density at radius 2 is 1.85 bits per heavy atom. The summed E-state index contributed by atoms with van der Waals surface area (Å²) in [6, 6.07) is 0. The van der Waals surface area contributed by atoms with Crippen molar-refractivity contribution in [3.8, 4) is 0 Å². The Balaban J connectivity index is 4.21. The molecule has 0 saturated heterocycles. The van der Waals surface area contributed by atoms with Gasteiger partial charge < -0.3 is 25.2 Å². The maximum Gasteiger partial charge on any atom is 0.162 e. The van der Waals surface area contributed by atoms with Crippen LogP contribution in [0.3, 0.4) is 0 Å². The average molecular weight is 215 g/mol. The fourth-order valence-electron chi connectivity index (χ4n) is 0.684. The van der Waals surface area contributed by atoms with Crippen LogP contribution < -0.4 is 0 Å². The van der Waals surface area contributed by atoms with Crippen LogP contribution >= 0.6 is 11.9 Å². The van der Waals surface area contributed by atoms with E-state index in [9.17, 15) is 4.79 Å². The summed E-state index contributed by atoms with van der Waals surface area (Å²) in [5, 5.41) is 35.4. The second-order valence-electron chi connectivity index (χ2n) is 2.42. The first-order chi connectivity index (χ1) is 6.08. The summed E-state index contributed by atoms with van der Waals surface area (Å²) in [7, 11) is 0. The Morgan fingerprint density at radius 1 is 1.31 bits per heavy atom. The Labute approximate surface area is 79.5 Å². The topological polar surface area (TPSA) is 107 Å². The van der Waals surface area contributed by atoms with E-state index in [0.717, 1.165) is 0 Å². The molecule has 13 heavy (non-hydrogen) atoms. The number of hydrogen-bond donors (Lipinski definition) is 4. The molecule has 4 atom stereocenters. The normalized spacial score (nSPS) is 20.4. The molecule has 78 valence electrons. The monoisotopic (exact) mass is 214 g/mol. The van der Waals surface area contributed by atoms with Gasteiger partial charge in [0.1, 0.15) is 18.3 Å². The predicted molar refractivity (Wildman–Crippen MR) is 41.9 cm³/mol. The van der Waals surface area contributed by atoms with E-state index in [0.29, 0.717) is 0 Å². The van der Waals surface area contributed by atoms with Gasteiger partial charge in [0.25, 0.3) is 0 Å². The first-order valence-corrected chi connectivity index (χ1v) is 3.77. The highest BCUT2D eigenvalue weighted by atomic mass is 35.5. The fourth-order valence-corrected chi connectivity index (χ4v) is 0.832. The molecule has 0 spiro atoms. The quantitative estimate of drug-likeness (QED) is 0.374. The number of halogens is 1. The van der Waals surface area contributed by atoms with E-state index in [4.69, 9.17) is 32.3 Å². The molecule has 0 bridgehead atoms. The second kappa shape index (κ2) is 6.25. The molecule has 0 saturated carbocycles. The van der Waals surface area contributed by atoms with Crippen molar-refractivity contribution >= 4 is 18.2 Å². The number of hydrogen-bond acceptors (Lipinski definition) is 6. The molecule has 0 fully saturated rings. The molecular formula is C6H11ClO6. The third-order valence-corrected chi connectivity index (χ3v) is 1.71. The van der Waals surface area contributed by atoms with Crippen molar-refractivity contribution in [2.45, 2.75) is 24.4 Å². The van der Waals surface area contributed by atoms with Crippen LogP contribution in [0.25, 0.3) is 0 Å². The number of aliphatic hydroxyl groups excluding tert-OH is 4. The van der Waals surface area contributed by atoms with Crippen molar-refractivity contribution in [2.24, 2.45) is 0 Å². The van der Waals surface area contributed by atoms with E-state index in [1.807, 2.05) is 0 Å². The zero-order chi connectivity index (χ0) is 10.4. The van der Waals surface area contributed by atoms with Crippen LogP contribution in [0.1, 0.15) is 0 Å². The van der Waals surface area contributed by atoms with E-state index in [-0.39, 0.29) is 6.29 Å². The van der Waals surface area contributed by atoms with Gasteiger partial charge in [-0.15, -0.1) is 0 Å². The minimum absolute atomic E-state index is 0.172. The van der Waals surface area contributed by atoms with Crippen molar-refractivity contribution in [1.82, 2.24) is 0 Å². The number of carbonyl (C=O) groups excluding carboxylic acids is 1. The summed E-state index contributed by atoms with van der Waals surface area (Å²) in [5.74, 6) is 0. The Hall–Kier alpha value is -0.240. The lowest BCUT2D eigenvalue weighted by Crippen LogP contribution is -2.46. The molecule has 0 unspecified atom stereocenters. The molecule has 0 radical (unpaired) electrons. The standard InChI is InChI=1S/C6H11ClO6/c7-13-4(2-9)6(12)5(11)3(10)1-8/h2-6,8,10-12H,1H2/t3-,4-,5-,6-/m1/s1. The molecule has 0 aliphatic rings. The second-order valence-corrected chi connectivity index (χ2v) is 2.60. The Morgan fingerprint density at radius 3 is 2.15 bits per heavy atom. The first-order valence-electron chi connectivity index (χ1n) is 3.46. The molecule has 0 rings (SSSR count). The van der Waals surface area contributed by atoms with E-state index in [1.54, 1.807) is 0 Å². The van der Waals surface area contributed by atoms with Gasteiger partial charge >= 0.3 is 0 Å². The summed E-state index contributed by atoms with van der Waals surface area (Å²) in [6.45, 7) is -0.744. The van der Waals surface area contributed by atoms with Crippen molar-refractivity contribution in [2.75, 3.05) is 6.61 Å². The fraction of sp³-hybridized carbons (Fsp3) is 0.833. The Bertz CT molecular complexity index is 154. The molecule has 0 amide bonds. The summed E-state index contributed by atoms with van der Waals surface area (Å²) >= 11 is 4.81. The maximum atomic E-state index is 10.2.